The van der Waals surface area contributed by atoms with Gasteiger partial charge in [0.1, 0.15) is 6.61 Å². The molecule has 0 saturated heterocycles. The maximum Gasteiger partial charge on any atom is 0.255 e. The molecule has 41 heavy (non-hydrogen) atoms. The van der Waals surface area contributed by atoms with Crippen LogP contribution in [-0.2, 0) is 28.0 Å². The molecular weight excluding hydrogens is 630 g/mol. The number of hydrogen-bond acceptors (Lipinski definition) is 6. The molecule has 0 atom stereocenters. The standard InChI is InChI=1S/C30H27BrClN3O5S/c1-39-29-17-24(9-16-28(29)40-21-23-5-3-2-4-6-23)18-33-34-30(36)20-35(19-22-7-12-26(32)13-8-22)41(37,38)27-14-10-25(31)11-15-27/h2-18H,19-21H2,1H3,(H,34,36)/b33-18-. The van der Waals surface area contributed by atoms with E-state index in [1.54, 1.807) is 54.6 Å². The lowest BCUT2D eigenvalue weighted by molar-refractivity contribution is -0.121. The molecule has 212 valence electrons. The van der Waals surface area contributed by atoms with Crippen LogP contribution in [0.15, 0.2) is 112 Å². The second-order valence-electron chi connectivity index (χ2n) is 8.83. The Morgan fingerprint density at radius 1 is 0.951 bits per heavy atom. The molecule has 0 unspecified atom stereocenters. The first kappa shape index (κ1) is 30.3. The van der Waals surface area contributed by atoms with Crippen LogP contribution in [0.5, 0.6) is 11.5 Å². The lowest BCUT2D eigenvalue weighted by Crippen LogP contribution is -2.39. The van der Waals surface area contributed by atoms with E-state index in [1.807, 2.05) is 30.3 Å². The van der Waals surface area contributed by atoms with Crippen LogP contribution >= 0.6 is 27.5 Å². The minimum atomic E-state index is -4.00. The fourth-order valence-corrected chi connectivity index (χ4v) is 5.54. The van der Waals surface area contributed by atoms with Crippen LogP contribution in [0.1, 0.15) is 16.7 Å². The van der Waals surface area contributed by atoms with Crippen molar-refractivity contribution >= 4 is 49.7 Å². The van der Waals surface area contributed by atoms with Crippen molar-refractivity contribution < 1.29 is 22.7 Å². The first-order chi connectivity index (χ1) is 19.7. The first-order valence-corrected chi connectivity index (χ1v) is 15.0. The van der Waals surface area contributed by atoms with E-state index < -0.39 is 22.5 Å². The molecular formula is C30H27BrClN3O5S. The van der Waals surface area contributed by atoms with Gasteiger partial charge in [-0.15, -0.1) is 0 Å². The Morgan fingerprint density at radius 2 is 1.66 bits per heavy atom. The number of carbonyl (C=O) groups is 1. The maximum absolute atomic E-state index is 13.4. The van der Waals surface area contributed by atoms with Gasteiger partial charge in [-0.1, -0.05) is 70.0 Å². The summed E-state index contributed by atoms with van der Waals surface area (Å²) in [5.41, 5.74) is 4.76. The lowest BCUT2D eigenvalue weighted by Gasteiger charge is -2.21. The molecule has 1 amide bonds. The minimum absolute atomic E-state index is 0.0334. The molecule has 4 rings (SSSR count). The summed E-state index contributed by atoms with van der Waals surface area (Å²) < 4.78 is 40.0. The number of amides is 1. The Balaban J connectivity index is 1.43. The number of methoxy groups -OCH3 is 1. The summed E-state index contributed by atoms with van der Waals surface area (Å²) >= 11 is 9.29. The number of benzene rings is 4. The number of sulfonamides is 1. The monoisotopic (exact) mass is 655 g/mol. The van der Waals surface area contributed by atoms with E-state index in [1.165, 1.54) is 25.5 Å². The van der Waals surface area contributed by atoms with Crippen molar-refractivity contribution in [2.24, 2.45) is 5.10 Å². The SMILES string of the molecule is COc1cc(/C=N\NC(=O)CN(Cc2ccc(Cl)cc2)S(=O)(=O)c2ccc(Br)cc2)ccc1OCc1ccccc1. The van der Waals surface area contributed by atoms with Gasteiger partial charge in [-0.3, -0.25) is 4.79 Å². The van der Waals surface area contributed by atoms with E-state index in [9.17, 15) is 13.2 Å². The molecule has 0 bridgehead atoms. The molecule has 0 radical (unpaired) electrons. The van der Waals surface area contributed by atoms with Crippen LogP contribution in [0.25, 0.3) is 0 Å². The predicted molar refractivity (Wildman–Crippen MR) is 163 cm³/mol. The van der Waals surface area contributed by atoms with Crippen molar-refractivity contribution in [3.05, 3.63) is 123 Å². The first-order valence-electron chi connectivity index (χ1n) is 12.4. The molecule has 0 spiro atoms. The highest BCUT2D eigenvalue weighted by atomic mass is 79.9. The Labute approximate surface area is 252 Å². The van der Waals surface area contributed by atoms with Crippen LogP contribution in [0.2, 0.25) is 5.02 Å². The smallest absolute Gasteiger partial charge is 0.255 e. The van der Waals surface area contributed by atoms with E-state index >= 15 is 0 Å². The molecule has 0 aromatic heterocycles. The number of ether oxygens (including phenoxy) is 2. The average Bonchev–Trinajstić information content (AvgIpc) is 2.98. The zero-order valence-corrected chi connectivity index (χ0v) is 25.2. The number of hydrogen-bond donors (Lipinski definition) is 1. The van der Waals surface area contributed by atoms with Gasteiger partial charge < -0.3 is 9.47 Å². The normalized spacial score (nSPS) is 11.5. The van der Waals surface area contributed by atoms with E-state index in [0.717, 1.165) is 14.3 Å². The average molecular weight is 657 g/mol. The fraction of sp³-hybridized carbons (Fsp3) is 0.133. The largest absolute Gasteiger partial charge is 0.493 e. The summed E-state index contributed by atoms with van der Waals surface area (Å²) in [4.78, 5) is 12.9. The maximum atomic E-state index is 13.4. The second-order valence-corrected chi connectivity index (χ2v) is 12.1. The van der Waals surface area contributed by atoms with Gasteiger partial charge in [0.15, 0.2) is 11.5 Å². The zero-order chi connectivity index (χ0) is 29.2. The summed E-state index contributed by atoms with van der Waals surface area (Å²) in [6, 6.07) is 28.0. The molecule has 0 aliphatic rings. The van der Waals surface area contributed by atoms with Gasteiger partial charge in [-0.2, -0.15) is 9.41 Å². The quantitative estimate of drug-likeness (QED) is 0.148. The van der Waals surface area contributed by atoms with Gasteiger partial charge in [-0.05, 0) is 71.3 Å². The van der Waals surface area contributed by atoms with E-state index in [-0.39, 0.29) is 11.4 Å². The number of carbonyl (C=O) groups excluding carboxylic acids is 1. The van der Waals surface area contributed by atoms with E-state index in [0.29, 0.717) is 34.3 Å². The highest BCUT2D eigenvalue weighted by molar-refractivity contribution is 9.10. The highest BCUT2D eigenvalue weighted by Crippen LogP contribution is 2.28. The molecule has 0 aliphatic heterocycles. The van der Waals surface area contributed by atoms with Gasteiger partial charge in [0.2, 0.25) is 10.0 Å². The molecule has 0 aliphatic carbocycles. The van der Waals surface area contributed by atoms with Gasteiger partial charge in [0.25, 0.3) is 5.91 Å². The van der Waals surface area contributed by atoms with Crippen molar-refractivity contribution in [2.75, 3.05) is 13.7 Å². The van der Waals surface area contributed by atoms with Crippen molar-refractivity contribution in [2.45, 2.75) is 18.0 Å². The van der Waals surface area contributed by atoms with Gasteiger partial charge in [-0.25, -0.2) is 13.8 Å². The van der Waals surface area contributed by atoms with Crippen molar-refractivity contribution in [3.8, 4) is 11.5 Å². The minimum Gasteiger partial charge on any atom is -0.493 e. The number of halogens is 2. The highest BCUT2D eigenvalue weighted by Gasteiger charge is 2.27. The number of rotatable bonds is 12. The summed E-state index contributed by atoms with van der Waals surface area (Å²) in [5, 5.41) is 4.54. The second kappa shape index (κ2) is 14.3. The Kier molecular flexibility index (Phi) is 10.5. The Hall–Kier alpha value is -3.70. The zero-order valence-electron chi connectivity index (χ0n) is 22.0. The lowest BCUT2D eigenvalue weighted by atomic mass is 10.2. The number of nitrogens with one attached hydrogen (secondary N) is 1. The summed E-state index contributed by atoms with van der Waals surface area (Å²) in [7, 11) is -2.47. The molecule has 1 N–H and O–H groups in total. The third-order valence-corrected chi connectivity index (χ3v) is 8.46. The van der Waals surface area contributed by atoms with E-state index in [2.05, 4.69) is 26.5 Å². The molecule has 0 heterocycles. The topological polar surface area (TPSA) is 97.3 Å². The van der Waals surface area contributed by atoms with Gasteiger partial charge >= 0.3 is 0 Å². The number of hydrazone groups is 1. The van der Waals surface area contributed by atoms with Crippen LogP contribution in [-0.4, -0.2) is 38.5 Å². The van der Waals surface area contributed by atoms with Crippen molar-refractivity contribution in [1.82, 2.24) is 9.73 Å². The molecule has 11 heteroatoms. The summed E-state index contributed by atoms with van der Waals surface area (Å²) in [5.74, 6) is 0.463. The van der Waals surface area contributed by atoms with E-state index in [4.69, 9.17) is 21.1 Å². The summed E-state index contributed by atoms with van der Waals surface area (Å²) in [6.45, 7) is -0.0985. The predicted octanol–water partition coefficient (Wildman–Crippen LogP) is 6.03. The fourth-order valence-electron chi connectivity index (χ4n) is 3.77. The third-order valence-electron chi connectivity index (χ3n) is 5.87. The van der Waals surface area contributed by atoms with Crippen molar-refractivity contribution in [3.63, 3.8) is 0 Å². The summed E-state index contributed by atoms with van der Waals surface area (Å²) in [6.07, 6.45) is 1.44. The number of nitrogens with zero attached hydrogens (tertiary/aromatic N) is 2. The van der Waals surface area contributed by atoms with Crippen LogP contribution < -0.4 is 14.9 Å². The molecule has 0 fully saturated rings. The van der Waals surface area contributed by atoms with Crippen LogP contribution in [0.3, 0.4) is 0 Å². The molecule has 0 saturated carbocycles. The molecule has 4 aromatic rings. The molecule has 4 aromatic carbocycles. The van der Waals surface area contributed by atoms with Gasteiger partial charge in [0, 0.05) is 16.0 Å². The Bertz CT molecular complexity index is 1600. The van der Waals surface area contributed by atoms with Crippen LogP contribution in [0, 0.1) is 0 Å². The van der Waals surface area contributed by atoms with Gasteiger partial charge in [0.05, 0.1) is 24.8 Å². The molecule has 8 nitrogen and oxygen atoms in total. The third kappa shape index (κ3) is 8.64. The Morgan fingerprint density at radius 3 is 2.34 bits per heavy atom. The van der Waals surface area contributed by atoms with Crippen LogP contribution in [0.4, 0.5) is 0 Å². The van der Waals surface area contributed by atoms with Crippen molar-refractivity contribution in [1.29, 1.82) is 0 Å².